The first kappa shape index (κ1) is 102. The van der Waals surface area contributed by atoms with Crippen LogP contribution in [0.2, 0.25) is 0 Å². The molecule has 41 heteroatoms. The van der Waals surface area contributed by atoms with E-state index in [4.69, 9.17) is 29.8 Å². The summed E-state index contributed by atoms with van der Waals surface area (Å²) in [5.41, 5.74) is 20.0. The Hall–Kier alpha value is -5.36. The quantitative estimate of drug-likeness (QED) is 0.0303. The largest absolute Gasteiger partial charge is 3.00 e. The average Bonchev–Trinajstić information content (AvgIpc) is 1.62. The molecule has 0 aromatic carbocycles. The number of nitrogens with one attached hydrogen (secondary N) is 4. The normalized spacial score (nSPS) is 11.5. The monoisotopic (exact) mass is 1810 g/mol. The van der Waals surface area contributed by atoms with Crippen LogP contribution in [0.1, 0.15) is 105 Å². The minimum absolute atomic E-state index is 0. The van der Waals surface area contributed by atoms with Gasteiger partial charge in [-0.2, -0.15) is 0 Å². The summed E-state index contributed by atoms with van der Waals surface area (Å²) in [6, 6.07) is 7.31. The molecule has 0 fully saturated rings. The molecular formula is C64H77Gd2MnN14Na2O22. The van der Waals surface area contributed by atoms with Gasteiger partial charge >= 0.3 is 156 Å². The Labute approximate surface area is 723 Å². The Kier molecular flexibility index (Phi) is 49.5. The summed E-state index contributed by atoms with van der Waals surface area (Å²) in [7, 11) is 0. The van der Waals surface area contributed by atoms with Crippen LogP contribution in [0.3, 0.4) is 0 Å². The number of aromatic nitrogens is 4. The number of rotatable bonds is 40. The number of carboxylic acids is 9. The molecule has 3 aromatic rings. The first-order valence-electron chi connectivity index (χ1n) is 31.4. The van der Waals surface area contributed by atoms with Gasteiger partial charge in [0.15, 0.2) is 0 Å². The van der Waals surface area contributed by atoms with Crippen LogP contribution in [0.4, 0.5) is 0 Å². The van der Waals surface area contributed by atoms with Gasteiger partial charge in [-0.3, -0.25) is 70.3 Å². The fourth-order valence-corrected chi connectivity index (χ4v) is 10.9. The summed E-state index contributed by atoms with van der Waals surface area (Å²) in [5.74, 6) is -17.1. The van der Waals surface area contributed by atoms with Crippen LogP contribution >= 0.6 is 0 Å². The molecule has 4 amide bonds. The zero-order valence-corrected chi connectivity index (χ0v) is 69.0. The smallest absolute Gasteiger partial charge is 0.657 e. The topological polar surface area (TPSA) is 551 Å². The number of amides is 4. The molecule has 5 heterocycles. The van der Waals surface area contributed by atoms with Crippen molar-refractivity contribution in [3.8, 4) is 0 Å². The second-order valence-electron chi connectivity index (χ2n) is 23.3. The summed E-state index contributed by atoms with van der Waals surface area (Å²) in [5, 5.41) is 99.9. The van der Waals surface area contributed by atoms with Gasteiger partial charge < -0.3 is 99.1 Å². The number of hydrogen-bond donors (Lipinski definition) is 4. The van der Waals surface area contributed by atoms with Gasteiger partial charge in [0, 0.05) is 124 Å². The molecule has 105 heavy (non-hydrogen) atoms. The number of fused-ring (bicyclic) bond motifs is 8. The second kappa shape index (κ2) is 51.1. The Morgan fingerprint density at radius 1 is 0.362 bits per heavy atom. The van der Waals surface area contributed by atoms with Crippen LogP contribution in [-0.4, -0.2) is 235 Å². The van der Waals surface area contributed by atoms with Crippen LogP contribution < -0.4 is 137 Å². The third kappa shape index (κ3) is 36.6. The molecule has 0 spiro atoms. The van der Waals surface area contributed by atoms with Crippen molar-refractivity contribution in [2.45, 2.75) is 87.0 Å². The third-order valence-corrected chi connectivity index (χ3v) is 15.7. The van der Waals surface area contributed by atoms with E-state index < -0.39 is 143 Å². The molecule has 5 rings (SSSR count). The molecule has 0 unspecified atom stereocenters. The number of hydrazine groups is 2. The summed E-state index contributed by atoms with van der Waals surface area (Å²) in [4.78, 5) is 181. The zero-order valence-electron chi connectivity index (χ0n) is 59.3. The fraction of sp³-hybridized carbons (Fsp3) is 0.484. The summed E-state index contributed by atoms with van der Waals surface area (Å²) in [6.45, 7) is 2.66. The molecule has 560 valence electrons. The third-order valence-electron chi connectivity index (χ3n) is 15.7. The van der Waals surface area contributed by atoms with Crippen molar-refractivity contribution in [2.75, 3.05) is 118 Å². The van der Waals surface area contributed by atoms with Crippen molar-refractivity contribution < 1.29 is 264 Å². The zero-order chi connectivity index (χ0) is 74.7. The average molecular weight is 1810 g/mol. The van der Waals surface area contributed by atoms with Gasteiger partial charge in [0.25, 0.3) is 11.8 Å². The van der Waals surface area contributed by atoms with Crippen LogP contribution in [-0.2, 0) is 92.2 Å². The number of hydrogen-bond acceptors (Lipinski definition) is 30. The molecule has 0 atom stereocenters. The summed E-state index contributed by atoms with van der Waals surface area (Å²) in [6.07, 6.45) is 0.761. The summed E-state index contributed by atoms with van der Waals surface area (Å²) < 4.78 is 0. The van der Waals surface area contributed by atoms with Gasteiger partial charge in [0.2, 0.25) is 11.8 Å². The van der Waals surface area contributed by atoms with E-state index in [1.54, 1.807) is 13.0 Å². The molecule has 36 nitrogen and oxygen atoms in total. The van der Waals surface area contributed by atoms with E-state index in [1.165, 1.54) is 9.80 Å². The first-order valence-corrected chi connectivity index (χ1v) is 31.4. The molecule has 4 N–H and O–H groups in total. The molecule has 0 saturated carbocycles. The van der Waals surface area contributed by atoms with E-state index in [1.807, 2.05) is 52.8 Å². The minimum Gasteiger partial charge on any atom is -0.657 e. The Morgan fingerprint density at radius 2 is 0.600 bits per heavy atom. The molecule has 8 bridgehead atoms. The van der Waals surface area contributed by atoms with Crippen LogP contribution in [0.15, 0.2) is 24.3 Å². The number of aryl methyl sites for hydroxylation is 4. The predicted octanol–water partition coefficient (Wildman–Crippen LogP) is -18.4. The number of aliphatic carboxylic acids is 9. The van der Waals surface area contributed by atoms with Gasteiger partial charge in [-0.15, -0.1) is 22.1 Å². The van der Waals surface area contributed by atoms with E-state index in [0.29, 0.717) is 79.9 Å². The standard InChI is InChI=1S/C62H84N14O20.C2H4O2.2Gd.Mn.2Na/c1-7-39-35(3)43-21-44-37(5)41(9-11-51(77)67-69-53(79)25-71(13-17-73(27-55(81)82)28-56(83)84)14-18-74(29-57(85)86)30-58(87)88)49(65-44)24-50-42(38(6)46(66-50)23-48-40(8-2)36(4)45(64-48)22-47(39)63-43)10-12-52(78)68-70-54(80)26-72(15-19-75(31-59(89)90)32-60(91)92)16-20-76(33-61(93)94)34-62(95)96;1-2(3)4;;;;;/h21-24H,7-20,25-34H2,1-6H3,(H14,63,64,65,66,67,68,69,70,77,78,79,80,81,82,83,84,85,86,87,88,89,90,91,92,93,94,95,96);1H3,(H,3,4);;;;;/q;;3*+3;2*+1/p-11. The van der Waals surface area contributed by atoms with Crippen molar-refractivity contribution in [1.82, 2.24) is 71.0 Å². The van der Waals surface area contributed by atoms with Gasteiger partial charge in [-0.25, -0.2) is 9.97 Å². The second-order valence-corrected chi connectivity index (χ2v) is 23.3. The van der Waals surface area contributed by atoms with Crippen molar-refractivity contribution >= 4 is 122 Å². The minimum atomic E-state index is -1.62. The molecule has 3 aromatic heterocycles. The Balaban J connectivity index is 0. The van der Waals surface area contributed by atoms with Crippen molar-refractivity contribution in [3.05, 3.63) is 69.3 Å². The van der Waals surface area contributed by atoms with E-state index in [9.17, 15) is 98.4 Å². The van der Waals surface area contributed by atoms with Crippen LogP contribution in [0.25, 0.3) is 44.4 Å². The fourth-order valence-electron chi connectivity index (χ4n) is 10.9. The van der Waals surface area contributed by atoms with E-state index in [2.05, 4.69) is 21.7 Å². The van der Waals surface area contributed by atoms with E-state index in [-0.39, 0.29) is 234 Å². The number of allylic oxidation sites excluding steroid dienone is 4. The maximum atomic E-state index is 13.7. The van der Waals surface area contributed by atoms with Gasteiger partial charge in [0.1, 0.15) is 0 Å². The molecule has 2 aliphatic heterocycles. The maximum Gasteiger partial charge on any atom is 3.00 e. The van der Waals surface area contributed by atoms with E-state index >= 15 is 0 Å². The van der Waals surface area contributed by atoms with Crippen molar-refractivity contribution in [1.29, 1.82) is 0 Å². The molecule has 2 radical (unpaired) electrons. The first-order chi connectivity index (χ1) is 47.0. The predicted molar refractivity (Wildman–Crippen MR) is 333 cm³/mol. The molecular weight excluding hydrogens is 1730 g/mol. The molecule has 0 aliphatic carbocycles. The number of carboxylic acid groups (broad SMARTS) is 9. The van der Waals surface area contributed by atoms with Crippen LogP contribution in [0.5, 0.6) is 0 Å². The Bertz CT molecular complexity index is 3690. The van der Waals surface area contributed by atoms with Crippen LogP contribution in [0, 0.1) is 93.7 Å². The van der Waals surface area contributed by atoms with Crippen molar-refractivity contribution in [3.63, 3.8) is 0 Å². The van der Waals surface area contributed by atoms with Gasteiger partial charge in [-0.05, 0) is 88.7 Å². The number of nitrogens with zero attached hydrogens (tertiary/aromatic N) is 10. The maximum absolute atomic E-state index is 13.7. The molecule has 2 aliphatic rings. The van der Waals surface area contributed by atoms with E-state index in [0.717, 1.165) is 48.8 Å². The number of carbonyl (C=O) groups is 13. The number of carbonyl (C=O) groups excluding carboxylic acids is 13. The van der Waals surface area contributed by atoms with Crippen molar-refractivity contribution in [2.24, 2.45) is 0 Å². The molecule has 0 saturated heterocycles. The van der Waals surface area contributed by atoms with Gasteiger partial charge in [0.05, 0.1) is 83.6 Å². The summed E-state index contributed by atoms with van der Waals surface area (Å²) >= 11 is 0. The van der Waals surface area contributed by atoms with Gasteiger partial charge in [-0.1, -0.05) is 54.3 Å². The SMILES string of the molecule is CC(=O)[O-].CCC1=C(C)c2cc3[n-]c(cc4[n-]c(cc5nc(cc1n2)C(C)=C5CC)c(C)c4CCC(=O)NNC(=O)CN(CCN(CC(=O)[O-])CC(=O)[O-])CCN(CC(=O)[O-])CC(=O)[O-])c(CCC(=O)NNC(=O)CN(CCN(CC(=O)[O-])CC(=O)[O-])CCN(CC(=O)[O-])CC(=O)[O-])c3C.[Gd+3].[Gd+3].[Mn+3].[Na+].[Na+]. The Morgan fingerprint density at radius 3 is 0.867 bits per heavy atom.